The SMILES string of the molecule is CCCCOC[C@H]1O[C@@H](n2cc(C)c(=O)[nH]c2=O)CC1N. The Morgan fingerprint density at radius 1 is 1.52 bits per heavy atom. The monoisotopic (exact) mass is 297 g/mol. The Labute approximate surface area is 123 Å². The van der Waals surface area contributed by atoms with Crippen LogP contribution >= 0.6 is 0 Å². The number of aromatic nitrogens is 2. The lowest BCUT2D eigenvalue weighted by molar-refractivity contribution is -0.0457. The number of ether oxygens (including phenoxy) is 2. The van der Waals surface area contributed by atoms with Crippen molar-refractivity contribution < 1.29 is 9.47 Å². The van der Waals surface area contributed by atoms with Gasteiger partial charge in [0.15, 0.2) is 0 Å². The van der Waals surface area contributed by atoms with Crippen LogP contribution in [0.15, 0.2) is 15.8 Å². The van der Waals surface area contributed by atoms with Crippen molar-refractivity contribution in [2.45, 2.75) is 51.5 Å². The van der Waals surface area contributed by atoms with Gasteiger partial charge in [-0.2, -0.15) is 0 Å². The zero-order chi connectivity index (χ0) is 15.4. The molecule has 0 aromatic carbocycles. The largest absolute Gasteiger partial charge is 0.379 e. The number of nitrogens with two attached hydrogens (primary N) is 1. The van der Waals surface area contributed by atoms with Gasteiger partial charge in [0.2, 0.25) is 0 Å². The van der Waals surface area contributed by atoms with Crippen LogP contribution in [0.3, 0.4) is 0 Å². The summed E-state index contributed by atoms with van der Waals surface area (Å²) in [5, 5.41) is 0. The van der Waals surface area contributed by atoms with E-state index >= 15 is 0 Å². The Kier molecular flexibility index (Phi) is 5.33. The zero-order valence-electron chi connectivity index (χ0n) is 12.5. The summed E-state index contributed by atoms with van der Waals surface area (Å²) in [6.45, 7) is 4.86. The number of unbranched alkanes of at least 4 members (excludes halogenated alkanes) is 1. The molecule has 7 heteroatoms. The first kappa shape index (κ1) is 15.9. The summed E-state index contributed by atoms with van der Waals surface area (Å²) in [6.07, 6.45) is 3.43. The van der Waals surface area contributed by atoms with Gasteiger partial charge in [0.25, 0.3) is 5.56 Å². The van der Waals surface area contributed by atoms with Crippen LogP contribution in [0, 0.1) is 6.92 Å². The van der Waals surface area contributed by atoms with Crippen LogP contribution in [-0.4, -0.2) is 34.9 Å². The molecule has 3 atom stereocenters. The molecule has 2 rings (SSSR count). The van der Waals surface area contributed by atoms with Crippen LogP contribution < -0.4 is 17.0 Å². The van der Waals surface area contributed by atoms with Gasteiger partial charge in [-0.3, -0.25) is 14.3 Å². The number of nitrogens with zero attached hydrogens (tertiary/aromatic N) is 1. The highest BCUT2D eigenvalue weighted by Gasteiger charge is 2.34. The van der Waals surface area contributed by atoms with Gasteiger partial charge in [-0.25, -0.2) is 4.79 Å². The van der Waals surface area contributed by atoms with Crippen LogP contribution in [0.25, 0.3) is 0 Å². The molecule has 3 N–H and O–H groups in total. The predicted octanol–water partition coefficient (Wildman–Crippen LogP) is 0.277. The Bertz CT molecular complexity index is 580. The van der Waals surface area contributed by atoms with Gasteiger partial charge >= 0.3 is 5.69 Å². The summed E-state index contributed by atoms with van der Waals surface area (Å²) in [6, 6.07) is -0.184. The van der Waals surface area contributed by atoms with Crippen molar-refractivity contribution in [1.29, 1.82) is 0 Å². The topological polar surface area (TPSA) is 99.3 Å². The van der Waals surface area contributed by atoms with E-state index in [2.05, 4.69) is 11.9 Å². The molecule has 1 aromatic heterocycles. The molecule has 7 nitrogen and oxygen atoms in total. The highest BCUT2D eigenvalue weighted by Crippen LogP contribution is 2.26. The molecular formula is C14H23N3O4. The van der Waals surface area contributed by atoms with E-state index in [1.807, 2.05) is 0 Å². The predicted molar refractivity (Wildman–Crippen MR) is 78.3 cm³/mol. The van der Waals surface area contributed by atoms with Crippen LogP contribution in [0.4, 0.5) is 0 Å². The molecule has 1 saturated heterocycles. The maximum Gasteiger partial charge on any atom is 0.330 e. The number of nitrogens with one attached hydrogen (secondary N) is 1. The molecule has 1 unspecified atom stereocenters. The second-order valence-electron chi connectivity index (χ2n) is 5.44. The van der Waals surface area contributed by atoms with Crippen molar-refractivity contribution >= 4 is 0 Å². The van der Waals surface area contributed by atoms with E-state index in [1.165, 1.54) is 10.8 Å². The number of hydrogen-bond acceptors (Lipinski definition) is 5. The molecule has 0 spiro atoms. The minimum atomic E-state index is -0.477. The molecule has 118 valence electrons. The highest BCUT2D eigenvalue weighted by atomic mass is 16.6. The zero-order valence-corrected chi connectivity index (χ0v) is 12.5. The number of aromatic amines is 1. The molecule has 1 aliphatic heterocycles. The standard InChI is InChI=1S/C14H23N3O4/c1-3-4-5-20-8-11-10(15)6-12(21-11)17-7-9(2)13(18)16-14(17)19/h7,10-12H,3-6,8,15H2,1-2H3,(H,16,18,19)/t10?,11-,12-/m1/s1. The number of hydrogen-bond donors (Lipinski definition) is 2. The van der Waals surface area contributed by atoms with Crippen LogP contribution in [0.2, 0.25) is 0 Å². The second kappa shape index (κ2) is 7.02. The molecule has 1 fully saturated rings. The van der Waals surface area contributed by atoms with Gasteiger partial charge in [-0.15, -0.1) is 0 Å². The van der Waals surface area contributed by atoms with Gasteiger partial charge < -0.3 is 15.2 Å². The maximum atomic E-state index is 11.8. The van der Waals surface area contributed by atoms with Gasteiger partial charge in [0.1, 0.15) is 6.23 Å². The molecule has 0 amide bonds. The average molecular weight is 297 g/mol. The fraction of sp³-hybridized carbons (Fsp3) is 0.714. The Balaban J connectivity index is 2.02. The molecule has 0 radical (unpaired) electrons. The third kappa shape index (κ3) is 3.81. The fourth-order valence-corrected chi connectivity index (χ4v) is 2.33. The van der Waals surface area contributed by atoms with E-state index in [4.69, 9.17) is 15.2 Å². The van der Waals surface area contributed by atoms with Crippen molar-refractivity contribution in [2.75, 3.05) is 13.2 Å². The lowest BCUT2D eigenvalue weighted by Crippen LogP contribution is -2.34. The van der Waals surface area contributed by atoms with Crippen LogP contribution in [0.5, 0.6) is 0 Å². The van der Waals surface area contributed by atoms with Crippen molar-refractivity contribution in [3.8, 4) is 0 Å². The van der Waals surface area contributed by atoms with Crippen molar-refractivity contribution in [2.24, 2.45) is 5.73 Å². The summed E-state index contributed by atoms with van der Waals surface area (Å²) >= 11 is 0. The van der Waals surface area contributed by atoms with Gasteiger partial charge in [0.05, 0.1) is 12.7 Å². The summed E-state index contributed by atoms with van der Waals surface area (Å²) in [5.74, 6) is 0. The third-order valence-electron chi connectivity index (χ3n) is 3.66. The van der Waals surface area contributed by atoms with Crippen molar-refractivity contribution in [3.63, 3.8) is 0 Å². The molecule has 21 heavy (non-hydrogen) atoms. The van der Waals surface area contributed by atoms with Crippen LogP contribution in [0.1, 0.15) is 38.0 Å². The third-order valence-corrected chi connectivity index (χ3v) is 3.66. The second-order valence-corrected chi connectivity index (χ2v) is 5.44. The van der Waals surface area contributed by atoms with E-state index in [0.29, 0.717) is 25.2 Å². The smallest absolute Gasteiger partial charge is 0.330 e. The van der Waals surface area contributed by atoms with E-state index in [-0.39, 0.29) is 17.7 Å². The molecule has 1 aromatic rings. The first-order valence-corrected chi connectivity index (χ1v) is 7.33. The van der Waals surface area contributed by atoms with E-state index in [0.717, 1.165) is 12.8 Å². The first-order valence-electron chi connectivity index (χ1n) is 7.33. The van der Waals surface area contributed by atoms with Crippen molar-refractivity contribution in [3.05, 3.63) is 32.6 Å². The van der Waals surface area contributed by atoms with E-state index in [1.54, 1.807) is 6.92 Å². The maximum absolute atomic E-state index is 11.8. The lowest BCUT2D eigenvalue weighted by atomic mass is 10.1. The minimum absolute atomic E-state index is 0.184. The summed E-state index contributed by atoms with van der Waals surface area (Å²) in [4.78, 5) is 25.5. The van der Waals surface area contributed by atoms with Gasteiger partial charge in [0, 0.05) is 30.8 Å². The Hall–Kier alpha value is -1.44. The number of rotatable bonds is 6. The summed E-state index contributed by atoms with van der Waals surface area (Å²) in [5.41, 5.74) is 5.66. The lowest BCUT2D eigenvalue weighted by Gasteiger charge is -2.16. The fourth-order valence-electron chi connectivity index (χ4n) is 2.33. The normalized spacial score (nSPS) is 25.4. The Morgan fingerprint density at radius 3 is 3.00 bits per heavy atom. The highest BCUT2D eigenvalue weighted by molar-refractivity contribution is 5.02. The molecule has 0 aliphatic carbocycles. The number of H-pyrrole nitrogens is 1. The molecule has 1 aliphatic rings. The number of aryl methyl sites for hydroxylation is 1. The van der Waals surface area contributed by atoms with Gasteiger partial charge in [-0.05, 0) is 13.3 Å². The molecule has 0 saturated carbocycles. The van der Waals surface area contributed by atoms with Gasteiger partial charge in [-0.1, -0.05) is 13.3 Å². The Morgan fingerprint density at radius 2 is 2.29 bits per heavy atom. The van der Waals surface area contributed by atoms with Crippen LogP contribution in [-0.2, 0) is 9.47 Å². The first-order chi connectivity index (χ1) is 10.0. The minimum Gasteiger partial charge on any atom is -0.379 e. The van der Waals surface area contributed by atoms with E-state index in [9.17, 15) is 9.59 Å². The van der Waals surface area contributed by atoms with Crippen molar-refractivity contribution in [1.82, 2.24) is 9.55 Å². The molecular weight excluding hydrogens is 274 g/mol. The summed E-state index contributed by atoms with van der Waals surface area (Å²) < 4.78 is 12.7. The average Bonchev–Trinajstić information content (AvgIpc) is 2.80. The van der Waals surface area contributed by atoms with E-state index < -0.39 is 11.9 Å². The quantitative estimate of drug-likeness (QED) is 0.735. The summed E-state index contributed by atoms with van der Waals surface area (Å²) in [7, 11) is 0. The molecule has 0 bridgehead atoms. The molecule has 2 heterocycles.